The Morgan fingerprint density at radius 3 is 2.52 bits per heavy atom. The monoisotopic (exact) mass is 362 g/mol. The molecule has 0 atom stereocenters. The Balaban J connectivity index is 1.91. The van der Waals surface area contributed by atoms with Crippen LogP contribution in [-0.4, -0.2) is 32.3 Å². The first-order valence-electron chi connectivity index (χ1n) is 8.05. The number of hydrogen-bond donors (Lipinski definition) is 1. The molecule has 0 aromatic heterocycles. The minimum Gasteiger partial charge on any atom is -0.339 e. The van der Waals surface area contributed by atoms with Gasteiger partial charge in [0, 0.05) is 18.7 Å². The number of benzene rings is 2. The second-order valence-electron chi connectivity index (χ2n) is 6.09. The predicted octanol–water partition coefficient (Wildman–Crippen LogP) is 3.17. The molecule has 0 spiro atoms. The van der Waals surface area contributed by atoms with Crippen LogP contribution in [0.25, 0.3) is 0 Å². The third-order valence-corrected chi connectivity index (χ3v) is 5.60. The molecule has 2 aromatic rings. The van der Waals surface area contributed by atoms with Gasteiger partial charge in [0.05, 0.1) is 10.6 Å². The van der Waals surface area contributed by atoms with E-state index in [2.05, 4.69) is 4.72 Å². The van der Waals surface area contributed by atoms with E-state index in [4.69, 9.17) is 0 Å². The molecule has 1 aliphatic rings. The molecule has 0 radical (unpaired) electrons. The van der Waals surface area contributed by atoms with Crippen molar-refractivity contribution in [3.63, 3.8) is 0 Å². The van der Waals surface area contributed by atoms with Crippen molar-refractivity contribution in [2.24, 2.45) is 0 Å². The van der Waals surface area contributed by atoms with Crippen LogP contribution in [0, 0.1) is 12.7 Å². The Kier molecular flexibility index (Phi) is 4.76. The Morgan fingerprint density at radius 2 is 1.84 bits per heavy atom. The maximum absolute atomic E-state index is 13.3. The Morgan fingerprint density at radius 1 is 1.12 bits per heavy atom. The van der Waals surface area contributed by atoms with Crippen molar-refractivity contribution < 1.29 is 17.6 Å². The molecule has 3 rings (SSSR count). The molecule has 2 aromatic carbocycles. The number of halogens is 1. The van der Waals surface area contributed by atoms with Gasteiger partial charge >= 0.3 is 0 Å². The molecule has 0 saturated carbocycles. The number of rotatable bonds is 4. The molecular formula is C18H19FN2O3S. The summed E-state index contributed by atoms with van der Waals surface area (Å²) in [5.41, 5.74) is 1.23. The quantitative estimate of drug-likeness (QED) is 0.908. The highest BCUT2D eigenvalue weighted by atomic mass is 32.2. The van der Waals surface area contributed by atoms with E-state index in [1.807, 2.05) is 0 Å². The Bertz CT molecular complexity index is 906. The van der Waals surface area contributed by atoms with Gasteiger partial charge in [-0.2, -0.15) is 0 Å². The molecule has 1 aliphatic heterocycles. The number of likely N-dealkylation sites (tertiary alicyclic amines) is 1. The third kappa shape index (κ3) is 3.82. The fourth-order valence-electron chi connectivity index (χ4n) is 2.86. The Hall–Kier alpha value is -2.41. The smallest absolute Gasteiger partial charge is 0.261 e. The lowest BCUT2D eigenvalue weighted by Gasteiger charge is -2.17. The Labute approximate surface area is 146 Å². The van der Waals surface area contributed by atoms with Crippen molar-refractivity contribution in [3.8, 4) is 0 Å². The first kappa shape index (κ1) is 17.4. The number of aryl methyl sites for hydroxylation is 1. The highest BCUT2D eigenvalue weighted by Crippen LogP contribution is 2.22. The minimum atomic E-state index is -3.91. The molecule has 1 N–H and O–H groups in total. The van der Waals surface area contributed by atoms with Gasteiger partial charge in [0.2, 0.25) is 0 Å². The fraction of sp³-hybridized carbons (Fsp3) is 0.278. The van der Waals surface area contributed by atoms with Crippen molar-refractivity contribution >= 4 is 21.6 Å². The molecule has 1 heterocycles. The van der Waals surface area contributed by atoms with E-state index in [0.29, 0.717) is 18.7 Å². The van der Waals surface area contributed by atoms with Crippen molar-refractivity contribution in [3.05, 3.63) is 59.4 Å². The van der Waals surface area contributed by atoms with Gasteiger partial charge in [-0.1, -0.05) is 12.1 Å². The lowest BCUT2D eigenvalue weighted by Crippen LogP contribution is -2.28. The zero-order chi connectivity index (χ0) is 18.0. The van der Waals surface area contributed by atoms with Gasteiger partial charge in [-0.15, -0.1) is 0 Å². The molecule has 1 saturated heterocycles. The molecular weight excluding hydrogens is 343 g/mol. The second-order valence-corrected chi connectivity index (χ2v) is 7.77. The molecule has 132 valence electrons. The summed E-state index contributed by atoms with van der Waals surface area (Å²) in [6.07, 6.45) is 1.92. The summed E-state index contributed by atoms with van der Waals surface area (Å²) in [5, 5.41) is 0. The van der Waals surface area contributed by atoms with Crippen molar-refractivity contribution in [2.75, 3.05) is 17.8 Å². The predicted molar refractivity (Wildman–Crippen MR) is 93.5 cm³/mol. The van der Waals surface area contributed by atoms with E-state index in [9.17, 15) is 17.6 Å². The molecule has 0 unspecified atom stereocenters. The zero-order valence-corrected chi connectivity index (χ0v) is 14.6. The zero-order valence-electron chi connectivity index (χ0n) is 13.8. The number of carbonyl (C=O) groups excluding carboxylic acids is 1. The summed E-state index contributed by atoms with van der Waals surface area (Å²) in [4.78, 5) is 14.3. The lowest BCUT2D eigenvalue weighted by molar-refractivity contribution is 0.0792. The van der Waals surface area contributed by atoms with E-state index < -0.39 is 15.8 Å². The largest absolute Gasteiger partial charge is 0.339 e. The second kappa shape index (κ2) is 6.84. The number of nitrogens with one attached hydrogen (secondary N) is 1. The van der Waals surface area contributed by atoms with Gasteiger partial charge in [0.15, 0.2) is 0 Å². The molecule has 1 fully saturated rings. The van der Waals surface area contributed by atoms with Crippen LogP contribution < -0.4 is 4.72 Å². The molecule has 7 heteroatoms. The van der Waals surface area contributed by atoms with Gasteiger partial charge in [-0.25, -0.2) is 12.8 Å². The number of carbonyl (C=O) groups is 1. The number of hydrogen-bond acceptors (Lipinski definition) is 3. The van der Waals surface area contributed by atoms with Crippen LogP contribution in [0.3, 0.4) is 0 Å². The van der Waals surface area contributed by atoms with E-state index >= 15 is 0 Å². The van der Waals surface area contributed by atoms with Crippen molar-refractivity contribution in [2.45, 2.75) is 24.7 Å². The average Bonchev–Trinajstić information content (AvgIpc) is 3.08. The molecule has 5 nitrogen and oxygen atoms in total. The van der Waals surface area contributed by atoms with E-state index in [1.54, 1.807) is 17.9 Å². The summed E-state index contributed by atoms with van der Waals surface area (Å²) in [6.45, 7) is 3.16. The number of amides is 1. The molecule has 0 aliphatic carbocycles. The van der Waals surface area contributed by atoms with Crippen molar-refractivity contribution in [1.29, 1.82) is 0 Å². The van der Waals surface area contributed by atoms with Crippen LogP contribution in [0.5, 0.6) is 0 Å². The number of anilines is 1. The van der Waals surface area contributed by atoms with Crippen LogP contribution in [0.15, 0.2) is 47.4 Å². The maximum atomic E-state index is 13.3. The SMILES string of the molecule is Cc1ccc(S(=O)(=O)Nc2cccc(F)c2)cc1C(=O)N1CCCC1. The summed E-state index contributed by atoms with van der Waals surface area (Å²) in [6, 6.07) is 9.66. The van der Waals surface area contributed by atoms with Crippen molar-refractivity contribution in [1.82, 2.24) is 4.90 Å². The standard InChI is InChI=1S/C18H19FN2O3S/c1-13-7-8-16(12-17(13)18(22)21-9-2-3-10-21)25(23,24)20-15-6-4-5-14(19)11-15/h4-8,11-12,20H,2-3,9-10H2,1H3. The van der Waals surface area contributed by atoms with Gasteiger partial charge in [0.25, 0.3) is 15.9 Å². The summed E-state index contributed by atoms with van der Waals surface area (Å²) >= 11 is 0. The highest BCUT2D eigenvalue weighted by molar-refractivity contribution is 7.92. The number of nitrogens with zero attached hydrogens (tertiary/aromatic N) is 1. The summed E-state index contributed by atoms with van der Waals surface area (Å²) < 4.78 is 40.7. The first-order chi connectivity index (χ1) is 11.9. The first-order valence-corrected chi connectivity index (χ1v) is 9.53. The van der Waals surface area contributed by atoms with Gasteiger partial charge in [-0.05, 0) is 55.7 Å². The summed E-state index contributed by atoms with van der Waals surface area (Å²) in [5.74, 6) is -0.688. The molecule has 25 heavy (non-hydrogen) atoms. The maximum Gasteiger partial charge on any atom is 0.261 e. The van der Waals surface area contributed by atoms with Crippen LogP contribution >= 0.6 is 0 Å². The van der Waals surface area contributed by atoms with Gasteiger partial charge in [0.1, 0.15) is 5.82 Å². The molecule has 0 bridgehead atoms. The van der Waals surface area contributed by atoms with E-state index in [-0.39, 0.29) is 16.5 Å². The average molecular weight is 362 g/mol. The fourth-order valence-corrected chi connectivity index (χ4v) is 3.93. The minimum absolute atomic E-state index is 0.0232. The number of sulfonamides is 1. The highest BCUT2D eigenvalue weighted by Gasteiger charge is 2.23. The van der Waals surface area contributed by atoms with Crippen LogP contribution in [0.4, 0.5) is 10.1 Å². The lowest BCUT2D eigenvalue weighted by atomic mass is 10.1. The van der Waals surface area contributed by atoms with Gasteiger partial charge < -0.3 is 4.90 Å². The topological polar surface area (TPSA) is 66.5 Å². The van der Waals surface area contributed by atoms with E-state index in [1.165, 1.54) is 30.3 Å². The van der Waals surface area contributed by atoms with Crippen LogP contribution in [0.1, 0.15) is 28.8 Å². The van der Waals surface area contributed by atoms with Crippen LogP contribution in [0.2, 0.25) is 0 Å². The van der Waals surface area contributed by atoms with E-state index in [0.717, 1.165) is 24.5 Å². The third-order valence-electron chi connectivity index (χ3n) is 4.22. The van der Waals surface area contributed by atoms with Crippen LogP contribution in [-0.2, 0) is 10.0 Å². The van der Waals surface area contributed by atoms with Gasteiger partial charge in [-0.3, -0.25) is 9.52 Å². The normalized spacial score (nSPS) is 14.6. The summed E-state index contributed by atoms with van der Waals surface area (Å²) in [7, 11) is -3.91. The molecule has 1 amide bonds.